The Kier molecular flexibility index (Phi) is 7.53. The zero-order chi connectivity index (χ0) is 24.0. The van der Waals surface area contributed by atoms with Crippen molar-refractivity contribution in [2.75, 3.05) is 13.2 Å². The number of hydrogen-bond donors (Lipinski definition) is 3. The zero-order valence-corrected chi connectivity index (χ0v) is 19.0. The number of benzene rings is 2. The van der Waals surface area contributed by atoms with Gasteiger partial charge in [0.25, 0.3) is 0 Å². The van der Waals surface area contributed by atoms with Crippen molar-refractivity contribution >= 4 is 18.0 Å². The van der Waals surface area contributed by atoms with E-state index in [1.54, 1.807) is 6.08 Å². The standard InChI is InChI=1S/C26H30N2O5/c1-4-13-26(2,3)16-27-24(31)22(14-23(29)30)28-25(32)33-15-21-19-11-7-5-9-17(19)18-10-6-8-12-20(18)21/h4-12,21-22H,1,13-16H2,2-3H3,(H,27,31)(H,28,32)(H,29,30). The molecule has 1 unspecified atom stereocenters. The van der Waals surface area contributed by atoms with E-state index in [9.17, 15) is 19.5 Å². The van der Waals surface area contributed by atoms with E-state index < -0.39 is 30.4 Å². The topological polar surface area (TPSA) is 105 Å². The van der Waals surface area contributed by atoms with Crippen LogP contribution in [0.1, 0.15) is 43.7 Å². The minimum absolute atomic E-state index is 0.0770. The number of carbonyl (C=O) groups is 3. The van der Waals surface area contributed by atoms with E-state index in [4.69, 9.17) is 4.74 Å². The number of fused-ring (bicyclic) bond motifs is 3. The van der Waals surface area contributed by atoms with Crippen molar-refractivity contribution in [1.29, 1.82) is 0 Å². The van der Waals surface area contributed by atoms with Crippen LogP contribution < -0.4 is 10.6 Å². The van der Waals surface area contributed by atoms with Gasteiger partial charge in [0, 0.05) is 12.5 Å². The third-order valence-electron chi connectivity index (χ3n) is 5.77. The number of hydrogen-bond acceptors (Lipinski definition) is 4. The number of carboxylic acids is 1. The molecule has 3 rings (SSSR count). The summed E-state index contributed by atoms with van der Waals surface area (Å²) in [6.07, 6.45) is 1.06. The van der Waals surface area contributed by atoms with Crippen molar-refractivity contribution in [2.45, 2.75) is 38.6 Å². The molecule has 0 heterocycles. The first kappa shape index (κ1) is 24.0. The van der Waals surface area contributed by atoms with Crippen LogP contribution in [-0.2, 0) is 14.3 Å². The van der Waals surface area contributed by atoms with Crippen LogP contribution >= 0.6 is 0 Å². The lowest BCUT2D eigenvalue weighted by Gasteiger charge is -2.25. The average molecular weight is 451 g/mol. The fraction of sp³-hybridized carbons (Fsp3) is 0.346. The van der Waals surface area contributed by atoms with Crippen molar-refractivity contribution in [3.8, 4) is 11.1 Å². The van der Waals surface area contributed by atoms with Crippen LogP contribution in [0, 0.1) is 5.41 Å². The summed E-state index contributed by atoms with van der Waals surface area (Å²) in [5.74, 6) is -1.89. The van der Waals surface area contributed by atoms with Gasteiger partial charge in [-0.15, -0.1) is 6.58 Å². The molecule has 174 valence electrons. The van der Waals surface area contributed by atoms with Crippen LogP contribution in [0.15, 0.2) is 61.2 Å². The molecular formula is C26H30N2O5. The molecular weight excluding hydrogens is 420 g/mol. The number of allylic oxidation sites excluding steroid dienone is 1. The molecule has 0 fully saturated rings. The highest BCUT2D eigenvalue weighted by Crippen LogP contribution is 2.44. The molecule has 1 atom stereocenters. The monoisotopic (exact) mass is 450 g/mol. The fourth-order valence-corrected chi connectivity index (χ4v) is 4.08. The smallest absolute Gasteiger partial charge is 0.407 e. The van der Waals surface area contributed by atoms with Gasteiger partial charge in [0.15, 0.2) is 0 Å². The number of ether oxygens (including phenoxy) is 1. The van der Waals surface area contributed by atoms with Gasteiger partial charge >= 0.3 is 12.1 Å². The predicted molar refractivity (Wildman–Crippen MR) is 126 cm³/mol. The van der Waals surface area contributed by atoms with Crippen molar-refractivity contribution in [2.24, 2.45) is 5.41 Å². The highest BCUT2D eigenvalue weighted by molar-refractivity contribution is 5.89. The molecule has 2 amide bonds. The summed E-state index contributed by atoms with van der Waals surface area (Å²) in [6, 6.07) is 14.7. The van der Waals surface area contributed by atoms with E-state index in [-0.39, 0.29) is 17.9 Å². The first-order valence-electron chi connectivity index (χ1n) is 10.9. The molecule has 0 bridgehead atoms. The van der Waals surface area contributed by atoms with Crippen LogP contribution in [0.3, 0.4) is 0 Å². The maximum absolute atomic E-state index is 12.6. The first-order chi connectivity index (χ1) is 15.7. The quantitative estimate of drug-likeness (QED) is 0.473. The molecule has 1 aliphatic rings. The second-order valence-electron chi connectivity index (χ2n) is 9.00. The maximum atomic E-state index is 12.6. The summed E-state index contributed by atoms with van der Waals surface area (Å²) in [5.41, 5.74) is 4.10. The van der Waals surface area contributed by atoms with Crippen LogP contribution in [0.25, 0.3) is 11.1 Å². The lowest BCUT2D eigenvalue weighted by Crippen LogP contribution is -2.49. The molecule has 0 spiro atoms. The third kappa shape index (κ3) is 6.00. The number of aliphatic carboxylic acids is 1. The number of nitrogens with one attached hydrogen (secondary N) is 2. The van der Waals surface area contributed by atoms with E-state index in [2.05, 4.69) is 17.2 Å². The summed E-state index contributed by atoms with van der Waals surface area (Å²) >= 11 is 0. The van der Waals surface area contributed by atoms with Crippen molar-refractivity contribution in [3.63, 3.8) is 0 Å². The molecule has 0 saturated carbocycles. The zero-order valence-electron chi connectivity index (χ0n) is 19.0. The minimum Gasteiger partial charge on any atom is -0.481 e. The Bertz CT molecular complexity index is 1000. The Morgan fingerprint density at radius 3 is 2.21 bits per heavy atom. The largest absolute Gasteiger partial charge is 0.481 e. The average Bonchev–Trinajstić information content (AvgIpc) is 3.09. The van der Waals surface area contributed by atoms with Gasteiger partial charge in [-0.1, -0.05) is 68.5 Å². The molecule has 2 aromatic rings. The summed E-state index contributed by atoms with van der Waals surface area (Å²) in [7, 11) is 0. The van der Waals surface area contributed by atoms with E-state index in [1.807, 2.05) is 62.4 Å². The molecule has 0 saturated heterocycles. The maximum Gasteiger partial charge on any atom is 0.407 e. The fourth-order valence-electron chi connectivity index (χ4n) is 4.08. The van der Waals surface area contributed by atoms with Crippen molar-refractivity contribution in [3.05, 3.63) is 72.3 Å². The third-order valence-corrected chi connectivity index (χ3v) is 5.77. The Morgan fingerprint density at radius 2 is 1.67 bits per heavy atom. The van der Waals surface area contributed by atoms with Gasteiger partial charge in [0.2, 0.25) is 5.91 Å². The highest BCUT2D eigenvalue weighted by atomic mass is 16.5. The lowest BCUT2D eigenvalue weighted by molar-refractivity contribution is -0.139. The number of alkyl carbamates (subject to hydrolysis) is 1. The summed E-state index contributed by atoms with van der Waals surface area (Å²) in [4.78, 5) is 36.3. The molecule has 0 aromatic heterocycles. The predicted octanol–water partition coefficient (Wildman–Crippen LogP) is 4.09. The van der Waals surface area contributed by atoms with Crippen LogP contribution in [0.2, 0.25) is 0 Å². The highest BCUT2D eigenvalue weighted by Gasteiger charge is 2.30. The van der Waals surface area contributed by atoms with Gasteiger partial charge in [-0.3, -0.25) is 9.59 Å². The van der Waals surface area contributed by atoms with E-state index in [1.165, 1.54) is 0 Å². The van der Waals surface area contributed by atoms with Crippen LogP contribution in [0.4, 0.5) is 4.79 Å². The number of amides is 2. The van der Waals surface area contributed by atoms with Crippen molar-refractivity contribution in [1.82, 2.24) is 10.6 Å². The Morgan fingerprint density at radius 1 is 1.09 bits per heavy atom. The van der Waals surface area contributed by atoms with Gasteiger partial charge in [0.1, 0.15) is 12.6 Å². The normalized spacial score (nSPS) is 13.4. The van der Waals surface area contributed by atoms with Gasteiger partial charge in [-0.25, -0.2) is 4.79 Å². The first-order valence-corrected chi connectivity index (χ1v) is 10.9. The molecule has 3 N–H and O–H groups in total. The Labute approximate surface area is 193 Å². The van der Waals surface area contributed by atoms with Gasteiger partial charge in [0.05, 0.1) is 6.42 Å². The number of carboxylic acid groups (broad SMARTS) is 1. The Balaban J connectivity index is 1.63. The van der Waals surface area contributed by atoms with Crippen LogP contribution in [0.5, 0.6) is 0 Å². The lowest BCUT2D eigenvalue weighted by atomic mass is 9.89. The summed E-state index contributed by atoms with van der Waals surface area (Å²) < 4.78 is 5.45. The SMILES string of the molecule is C=CCC(C)(C)CNC(=O)C(CC(=O)O)NC(=O)OCC1c2ccccc2-c2ccccc21. The summed E-state index contributed by atoms with van der Waals surface area (Å²) in [5, 5.41) is 14.3. The minimum atomic E-state index is -1.24. The molecule has 33 heavy (non-hydrogen) atoms. The van der Waals surface area contributed by atoms with E-state index >= 15 is 0 Å². The second-order valence-corrected chi connectivity index (χ2v) is 9.00. The van der Waals surface area contributed by atoms with Gasteiger partial charge in [-0.2, -0.15) is 0 Å². The van der Waals surface area contributed by atoms with Crippen LogP contribution in [-0.4, -0.2) is 42.3 Å². The second kappa shape index (κ2) is 10.3. The summed E-state index contributed by atoms with van der Waals surface area (Å²) in [6.45, 7) is 8.02. The van der Waals surface area contributed by atoms with Crippen molar-refractivity contribution < 1.29 is 24.2 Å². The molecule has 1 aliphatic carbocycles. The molecule has 2 aromatic carbocycles. The molecule has 0 radical (unpaired) electrons. The van der Waals surface area contributed by atoms with Gasteiger partial charge < -0.3 is 20.5 Å². The number of rotatable bonds is 10. The molecule has 0 aliphatic heterocycles. The molecule has 7 nitrogen and oxygen atoms in total. The van der Waals surface area contributed by atoms with E-state index in [0.29, 0.717) is 13.0 Å². The Hall–Kier alpha value is -3.61. The van der Waals surface area contributed by atoms with Gasteiger partial charge in [-0.05, 0) is 34.1 Å². The number of carbonyl (C=O) groups excluding carboxylic acids is 2. The molecule has 7 heteroatoms. The van der Waals surface area contributed by atoms with E-state index in [0.717, 1.165) is 22.3 Å².